The molecule has 1 aromatic rings. The van der Waals surface area contributed by atoms with Crippen LogP contribution >= 0.6 is 24.0 Å². The Hall–Kier alpha value is -2.24. The van der Waals surface area contributed by atoms with Crippen LogP contribution in [-0.2, 0) is 33.3 Å². The predicted molar refractivity (Wildman–Crippen MR) is 259 cm³/mol. The number of halogens is 2. The van der Waals surface area contributed by atoms with Gasteiger partial charge in [-0.2, -0.15) is 4.99 Å². The van der Waals surface area contributed by atoms with Crippen molar-refractivity contribution in [1.29, 1.82) is 0 Å². The maximum Gasteiger partial charge on any atom is 1.00 e. The number of guanidine groups is 1. The van der Waals surface area contributed by atoms with E-state index in [1.54, 1.807) is 19.1 Å². The number of aliphatic hydroxyl groups is 3. The molecule has 0 aliphatic carbocycles. The number of carbonyl (C=O) groups excluding carboxylic acids is 3. The van der Waals surface area contributed by atoms with Gasteiger partial charge in [-0.3, -0.25) is 9.59 Å². The number of nitrogen functional groups attached to an aromatic ring is 2. The van der Waals surface area contributed by atoms with E-state index >= 15 is 0 Å². The predicted octanol–water partition coefficient (Wildman–Crippen LogP) is 0.987. The number of hydrogen-bond acceptors (Lipinski definition) is 16. The SMILES string of the molecule is CCC(C(=O)[O-])C1CCC(C)C(C(C)C(O)C(C)C(=O)C(CC)C2OC3(C=CC(O)C4(CCC(C)(C5CCC(O)(CC)C(C)O5)O4)O3)C(C)CC2C)O1.Cl.NC(N)=NC(=O)c1nc(Cl)c(N)nc1N.[Na+]. The van der Waals surface area contributed by atoms with Crippen LogP contribution in [-0.4, -0.2) is 114 Å². The van der Waals surface area contributed by atoms with Gasteiger partial charge in [-0.15, -0.1) is 12.4 Å². The summed E-state index contributed by atoms with van der Waals surface area (Å²) >= 11 is 5.55. The van der Waals surface area contributed by atoms with Crippen LogP contribution in [0.15, 0.2) is 17.1 Å². The molecule has 18 unspecified atom stereocenters. The molecule has 0 aromatic carbocycles. The first-order valence-electron chi connectivity index (χ1n) is 24.4. The molecule has 1 aromatic heterocycles. The number of carbonyl (C=O) groups is 3. The first-order chi connectivity index (χ1) is 31.7. The van der Waals surface area contributed by atoms with Gasteiger partial charge in [0.25, 0.3) is 0 Å². The number of ether oxygens (including phenoxy) is 5. The number of aromatic nitrogens is 2. The standard InChI is InChI=1S/C42H70O11.C6H8ClN7O.ClH.Na/c1-11-29(38(46)47)31-15-14-23(4)36(50-31)27(8)34(44)26(7)35(45)30(12-2)37-24(5)22-25(6)41(51-37)19-16-32(43)42(53-41)21-20-39(10,52-42)33-17-18-40(48,13-3)28(9)49-33;7-2-4(9)13-3(8)1(12-2)5(15)14-6(10)11;;/h16,19,23-34,36-37,43-44,48H,11-15,17-18,20-22H2,1-10H3,(H,46,47);(H4,8,9,13)(H4,10,11,14,15);1H;/q;;;+1/p-1. The summed E-state index contributed by atoms with van der Waals surface area (Å²) in [5.41, 5.74) is 18.8. The molecule has 0 radical (unpaired) electrons. The first kappa shape index (κ1) is 62.1. The largest absolute Gasteiger partial charge is 1.00 e. The van der Waals surface area contributed by atoms with Gasteiger partial charge in [-0.05, 0) is 95.6 Å². The fraction of sp³-hybridized carbons (Fsp3) is 0.792. The van der Waals surface area contributed by atoms with Crippen molar-refractivity contribution >= 4 is 59.3 Å². The Morgan fingerprint density at radius 1 is 0.929 bits per heavy atom. The number of rotatable bonds is 13. The molecule has 22 heteroatoms. The molecule has 4 fully saturated rings. The molecule has 5 aliphatic heterocycles. The number of hydrogen-bond donors (Lipinski definition) is 7. The second-order valence-corrected chi connectivity index (χ2v) is 20.7. The van der Waals surface area contributed by atoms with E-state index in [0.29, 0.717) is 57.8 Å². The van der Waals surface area contributed by atoms with Crippen LogP contribution < -0.4 is 57.6 Å². The summed E-state index contributed by atoms with van der Waals surface area (Å²) < 4.78 is 33.4. The number of carboxylic acid groups (broad SMARTS) is 1. The topological polar surface area (TPSA) is 323 Å². The molecular formula is C48H78Cl2N7NaO12. The van der Waals surface area contributed by atoms with Gasteiger partial charge in [0.1, 0.15) is 11.9 Å². The van der Waals surface area contributed by atoms with E-state index in [1.165, 1.54) is 0 Å². The Bertz CT molecular complexity index is 2040. The van der Waals surface area contributed by atoms with Crippen LogP contribution in [0.25, 0.3) is 0 Å². The number of ketones is 1. The van der Waals surface area contributed by atoms with Crippen molar-refractivity contribution in [3.63, 3.8) is 0 Å². The van der Waals surface area contributed by atoms with Gasteiger partial charge in [-0.25, -0.2) is 9.97 Å². The molecule has 392 valence electrons. The van der Waals surface area contributed by atoms with E-state index in [1.807, 2.05) is 41.5 Å². The zero-order chi connectivity index (χ0) is 50.8. The van der Waals surface area contributed by atoms with Crippen molar-refractivity contribution in [3.8, 4) is 0 Å². The van der Waals surface area contributed by atoms with Crippen LogP contribution in [0.3, 0.4) is 0 Å². The number of aliphatic imine (C=N–C) groups is 1. The molecule has 11 N–H and O–H groups in total. The fourth-order valence-corrected chi connectivity index (χ4v) is 11.4. The molecule has 1 amide bonds. The zero-order valence-electron chi connectivity index (χ0n) is 42.8. The molecule has 4 saturated heterocycles. The van der Waals surface area contributed by atoms with E-state index in [2.05, 4.69) is 35.7 Å². The number of aliphatic hydroxyl groups excluding tert-OH is 2. The third kappa shape index (κ3) is 13.0. The van der Waals surface area contributed by atoms with Crippen molar-refractivity contribution in [1.82, 2.24) is 9.97 Å². The summed E-state index contributed by atoms with van der Waals surface area (Å²) in [6, 6.07) is 0. The van der Waals surface area contributed by atoms with Crippen molar-refractivity contribution in [3.05, 3.63) is 23.0 Å². The monoisotopic (exact) mass is 1040 g/mol. The van der Waals surface area contributed by atoms with Gasteiger partial charge in [0.15, 0.2) is 34.2 Å². The van der Waals surface area contributed by atoms with Crippen molar-refractivity contribution in [2.24, 2.45) is 57.9 Å². The summed E-state index contributed by atoms with van der Waals surface area (Å²) in [4.78, 5) is 48.0. The zero-order valence-corrected chi connectivity index (χ0v) is 46.3. The number of nitrogens with zero attached hydrogens (tertiary/aromatic N) is 3. The van der Waals surface area contributed by atoms with Gasteiger partial charge >= 0.3 is 35.5 Å². The van der Waals surface area contributed by atoms with Gasteiger partial charge in [0, 0.05) is 42.0 Å². The third-order valence-corrected chi connectivity index (χ3v) is 16.0. The number of nitrogens with two attached hydrogens (primary N) is 4. The van der Waals surface area contributed by atoms with E-state index in [9.17, 15) is 34.8 Å². The van der Waals surface area contributed by atoms with E-state index < -0.39 is 94.8 Å². The molecule has 6 heterocycles. The molecular weight excluding hydrogens is 960 g/mol. The molecule has 0 saturated carbocycles. The Labute approximate surface area is 446 Å². The molecule has 19 nitrogen and oxygen atoms in total. The van der Waals surface area contributed by atoms with Crippen LogP contribution in [0.4, 0.5) is 11.6 Å². The van der Waals surface area contributed by atoms with Crippen LogP contribution in [0.1, 0.15) is 144 Å². The quantitative estimate of drug-likeness (QED) is 0.0627. The van der Waals surface area contributed by atoms with E-state index in [4.69, 9.17) is 58.2 Å². The van der Waals surface area contributed by atoms with Gasteiger partial charge < -0.3 is 71.8 Å². The minimum absolute atomic E-state index is 0. The summed E-state index contributed by atoms with van der Waals surface area (Å²) in [7, 11) is 0. The average molecular weight is 1040 g/mol. The van der Waals surface area contributed by atoms with Crippen LogP contribution in [0.2, 0.25) is 5.15 Å². The second kappa shape index (κ2) is 24.9. The summed E-state index contributed by atoms with van der Waals surface area (Å²) in [6.45, 7) is 19.5. The number of amides is 1. The van der Waals surface area contributed by atoms with E-state index in [0.717, 1.165) is 6.42 Å². The number of anilines is 2. The maximum absolute atomic E-state index is 14.4. The number of Topliss-reactive ketones (excluding diaryl/α,β-unsaturated/α-hetero) is 1. The maximum atomic E-state index is 14.4. The fourth-order valence-electron chi connectivity index (χ4n) is 11.2. The Morgan fingerprint density at radius 3 is 2.14 bits per heavy atom. The van der Waals surface area contributed by atoms with Gasteiger partial charge in [-0.1, -0.05) is 67.0 Å². The third-order valence-electron chi connectivity index (χ3n) is 15.8. The number of aliphatic carboxylic acids is 1. The summed E-state index contributed by atoms with van der Waals surface area (Å²) in [5, 5.41) is 45.8. The number of carboxylic acids is 1. The smallest absolute Gasteiger partial charge is 0.550 e. The normalized spacial score (nSPS) is 37.0. The van der Waals surface area contributed by atoms with Crippen molar-refractivity contribution < 1.29 is 88.1 Å². The first-order valence-corrected chi connectivity index (χ1v) is 24.7. The van der Waals surface area contributed by atoms with E-state index in [-0.39, 0.29) is 100 Å². The molecule has 70 heavy (non-hydrogen) atoms. The summed E-state index contributed by atoms with van der Waals surface area (Å²) in [6.07, 6.45) is 5.22. The average Bonchev–Trinajstić information content (AvgIpc) is 3.63. The molecule has 18 atom stereocenters. The van der Waals surface area contributed by atoms with Crippen molar-refractivity contribution in [2.75, 3.05) is 11.5 Å². The van der Waals surface area contributed by atoms with Crippen molar-refractivity contribution in [2.45, 2.75) is 199 Å². The molecule has 2 spiro atoms. The molecule has 6 rings (SSSR count). The van der Waals surface area contributed by atoms with Crippen LogP contribution in [0.5, 0.6) is 0 Å². The minimum atomic E-state index is -1.37. The summed E-state index contributed by atoms with van der Waals surface area (Å²) in [5.74, 6) is -7.74. The molecule has 0 bridgehead atoms. The minimum Gasteiger partial charge on any atom is -0.550 e. The second-order valence-electron chi connectivity index (χ2n) is 20.4. The Kier molecular flexibility index (Phi) is 22.0. The molecule has 5 aliphatic rings. The van der Waals surface area contributed by atoms with Gasteiger partial charge in [0.05, 0.1) is 47.8 Å². The Balaban J connectivity index is 0.000000653. The van der Waals surface area contributed by atoms with Crippen LogP contribution in [0, 0.1) is 41.4 Å². The van der Waals surface area contributed by atoms with Gasteiger partial charge in [0.2, 0.25) is 5.79 Å². The Morgan fingerprint density at radius 2 is 1.57 bits per heavy atom.